The molecule has 0 N–H and O–H groups in total. The van der Waals surface area contributed by atoms with Crippen molar-refractivity contribution in [2.45, 2.75) is 31.6 Å². The van der Waals surface area contributed by atoms with E-state index < -0.39 is 0 Å². The average Bonchev–Trinajstić information content (AvgIpc) is 3.13. The molecule has 31 heavy (non-hydrogen) atoms. The van der Waals surface area contributed by atoms with Crippen LogP contribution in [0.4, 0.5) is 0 Å². The Morgan fingerprint density at radius 1 is 1.06 bits per heavy atom. The molecule has 4 nitrogen and oxygen atoms in total. The number of quaternary nitrogens is 1. The number of nitriles is 1. The van der Waals surface area contributed by atoms with Gasteiger partial charge in [0.05, 0.1) is 38.2 Å². The number of rotatable bonds is 7. The summed E-state index contributed by atoms with van der Waals surface area (Å²) in [4.78, 5) is 0. The largest absolute Gasteiger partial charge is 1.00 e. The van der Waals surface area contributed by atoms with E-state index in [0.717, 1.165) is 53.6 Å². The number of benzene rings is 2. The third kappa shape index (κ3) is 4.17. The Morgan fingerprint density at radius 3 is 2.45 bits per heavy atom. The molecule has 0 radical (unpaired) electrons. The molecule has 1 aliphatic carbocycles. The van der Waals surface area contributed by atoms with Gasteiger partial charge in [0.15, 0.2) is 11.5 Å². The van der Waals surface area contributed by atoms with Crippen LogP contribution in [-0.4, -0.2) is 38.0 Å². The smallest absolute Gasteiger partial charge is 0.231 e. The van der Waals surface area contributed by atoms with Crippen molar-refractivity contribution in [3.63, 3.8) is 0 Å². The van der Waals surface area contributed by atoms with Gasteiger partial charge in [0.2, 0.25) is 6.79 Å². The van der Waals surface area contributed by atoms with Gasteiger partial charge >= 0.3 is 0 Å². The minimum absolute atomic E-state index is 0. The fourth-order valence-electron chi connectivity index (χ4n) is 5.95. The molecule has 2 aromatic rings. The van der Waals surface area contributed by atoms with Gasteiger partial charge in [-0.2, -0.15) is 5.26 Å². The molecule has 164 valence electrons. The molecule has 2 fully saturated rings. The first-order chi connectivity index (χ1) is 14.6. The van der Waals surface area contributed by atoms with Crippen LogP contribution in [0.15, 0.2) is 48.5 Å². The van der Waals surface area contributed by atoms with Crippen molar-refractivity contribution in [2.75, 3.05) is 33.5 Å². The van der Waals surface area contributed by atoms with Crippen LogP contribution in [0.5, 0.6) is 11.5 Å². The lowest BCUT2D eigenvalue weighted by molar-refractivity contribution is -0.903. The van der Waals surface area contributed by atoms with Crippen molar-refractivity contribution in [2.24, 2.45) is 17.8 Å². The summed E-state index contributed by atoms with van der Waals surface area (Å²) in [6, 6.07) is 19.5. The van der Waals surface area contributed by atoms with E-state index in [1.807, 2.05) is 12.1 Å². The molecular formula is C26H31IN2O2. The minimum Gasteiger partial charge on any atom is -1.00 e. The van der Waals surface area contributed by atoms with Crippen molar-refractivity contribution in [3.05, 3.63) is 59.7 Å². The van der Waals surface area contributed by atoms with Crippen molar-refractivity contribution in [1.29, 1.82) is 5.26 Å². The van der Waals surface area contributed by atoms with Crippen molar-refractivity contribution < 1.29 is 37.9 Å². The minimum atomic E-state index is -0.327. The maximum absolute atomic E-state index is 10.1. The molecule has 0 bridgehead atoms. The van der Waals surface area contributed by atoms with Crippen LogP contribution >= 0.6 is 0 Å². The molecule has 3 unspecified atom stereocenters. The number of ether oxygens (including phenoxy) is 2. The zero-order valence-corrected chi connectivity index (χ0v) is 20.5. The van der Waals surface area contributed by atoms with Crippen LogP contribution in [-0.2, 0) is 11.8 Å². The fourth-order valence-corrected chi connectivity index (χ4v) is 5.95. The standard InChI is InChI=1S/C26H31N2O2.HI/c1-3-26(17-27,20-7-5-4-6-8-20)14-21-22-15-28(2,16-23(21)22)12-11-19-9-10-24-25(13-19)30-18-29-24;/h4-10,13,21-23H,3,11-12,14-16,18H2,1-2H3;1H/q+1;/p-1. The van der Waals surface area contributed by atoms with Crippen molar-refractivity contribution in [1.82, 2.24) is 0 Å². The van der Waals surface area contributed by atoms with Gasteiger partial charge in [-0.15, -0.1) is 0 Å². The summed E-state index contributed by atoms with van der Waals surface area (Å²) in [7, 11) is 2.41. The summed E-state index contributed by atoms with van der Waals surface area (Å²) >= 11 is 0. The Bertz CT molecular complexity index is 961. The summed E-state index contributed by atoms with van der Waals surface area (Å²) in [5.41, 5.74) is 2.20. The molecule has 0 aromatic heterocycles. The molecule has 2 aliphatic heterocycles. The molecule has 3 atom stereocenters. The number of hydrogen-bond donors (Lipinski definition) is 0. The third-order valence-corrected chi connectivity index (χ3v) is 7.92. The lowest BCUT2D eigenvalue weighted by Crippen LogP contribution is -3.00. The molecule has 2 aromatic carbocycles. The van der Waals surface area contributed by atoms with Gasteiger partial charge in [-0.1, -0.05) is 43.3 Å². The number of halogens is 1. The first-order valence-corrected chi connectivity index (χ1v) is 11.2. The number of piperidine rings is 1. The lowest BCUT2D eigenvalue weighted by atomic mass is 9.74. The van der Waals surface area contributed by atoms with Crippen LogP contribution in [0.3, 0.4) is 0 Å². The summed E-state index contributed by atoms with van der Waals surface area (Å²) in [6.07, 6.45) is 2.97. The van der Waals surface area contributed by atoms with Crippen LogP contribution in [0, 0.1) is 29.1 Å². The second kappa shape index (κ2) is 8.63. The van der Waals surface area contributed by atoms with Crippen LogP contribution < -0.4 is 33.5 Å². The van der Waals surface area contributed by atoms with E-state index in [2.05, 4.69) is 56.4 Å². The topological polar surface area (TPSA) is 42.2 Å². The Morgan fingerprint density at radius 2 is 1.77 bits per heavy atom. The predicted molar refractivity (Wildman–Crippen MR) is 116 cm³/mol. The summed E-state index contributed by atoms with van der Waals surface area (Å²) in [6.45, 7) is 6.16. The molecule has 5 rings (SSSR count). The SMILES string of the molecule is CCC(C#N)(CC1C2C[N+](C)(CCc3ccc4c(c3)OCO4)CC12)c1ccccc1.[I-]. The van der Waals surface area contributed by atoms with Gasteiger partial charge in [0.25, 0.3) is 0 Å². The molecular weight excluding hydrogens is 499 g/mol. The van der Waals surface area contributed by atoms with E-state index in [-0.39, 0.29) is 29.4 Å². The highest BCUT2D eigenvalue weighted by Gasteiger charge is 2.63. The van der Waals surface area contributed by atoms with Gasteiger partial charge in [-0.25, -0.2) is 0 Å². The zero-order chi connectivity index (χ0) is 20.8. The Hall–Kier alpha value is -1.78. The first-order valence-electron chi connectivity index (χ1n) is 11.2. The van der Waals surface area contributed by atoms with Crippen molar-refractivity contribution in [3.8, 4) is 17.6 Å². The third-order valence-electron chi connectivity index (χ3n) is 7.92. The normalized spacial score (nSPS) is 29.4. The Kier molecular flexibility index (Phi) is 6.24. The maximum Gasteiger partial charge on any atom is 0.231 e. The highest BCUT2D eigenvalue weighted by Crippen LogP contribution is 2.58. The number of likely N-dealkylation sites (N-methyl/N-ethyl adjacent to an activating group) is 1. The quantitative estimate of drug-likeness (QED) is 0.403. The number of fused-ring (bicyclic) bond motifs is 2. The van der Waals surface area contributed by atoms with E-state index in [9.17, 15) is 5.26 Å². The molecule has 0 spiro atoms. The highest BCUT2D eigenvalue weighted by molar-refractivity contribution is 5.44. The molecule has 1 saturated carbocycles. The number of likely N-dealkylation sites (tertiary alicyclic amines) is 1. The average molecular weight is 530 g/mol. The van der Waals surface area contributed by atoms with Gasteiger partial charge in [-0.3, -0.25) is 0 Å². The fraction of sp³-hybridized carbons (Fsp3) is 0.500. The summed E-state index contributed by atoms with van der Waals surface area (Å²) in [5.74, 6) is 4.03. The second-order valence-electron chi connectivity index (χ2n) is 9.76. The Labute approximate surface area is 202 Å². The molecule has 1 saturated heterocycles. The van der Waals surface area contributed by atoms with Gasteiger partial charge < -0.3 is 37.9 Å². The van der Waals surface area contributed by atoms with E-state index in [1.165, 1.54) is 24.2 Å². The maximum atomic E-state index is 10.1. The summed E-state index contributed by atoms with van der Waals surface area (Å²) < 4.78 is 12.1. The van der Waals surface area contributed by atoms with Crippen LogP contribution in [0.1, 0.15) is 30.9 Å². The molecule has 5 heteroatoms. The van der Waals surface area contributed by atoms with E-state index in [0.29, 0.717) is 12.7 Å². The van der Waals surface area contributed by atoms with E-state index in [4.69, 9.17) is 9.47 Å². The van der Waals surface area contributed by atoms with Crippen LogP contribution in [0.2, 0.25) is 0 Å². The van der Waals surface area contributed by atoms with E-state index in [1.54, 1.807) is 0 Å². The number of hydrogen-bond acceptors (Lipinski definition) is 3. The van der Waals surface area contributed by atoms with Gasteiger partial charge in [0, 0.05) is 18.3 Å². The van der Waals surface area contributed by atoms with E-state index >= 15 is 0 Å². The first kappa shape index (κ1) is 22.4. The lowest BCUT2D eigenvalue weighted by Gasteiger charge is -2.34. The molecule has 2 heterocycles. The second-order valence-corrected chi connectivity index (χ2v) is 9.76. The van der Waals surface area contributed by atoms with Gasteiger partial charge in [-0.05, 0) is 42.0 Å². The highest BCUT2D eigenvalue weighted by atomic mass is 127. The zero-order valence-electron chi connectivity index (χ0n) is 18.4. The number of nitrogens with zero attached hydrogens (tertiary/aromatic N) is 2. The van der Waals surface area contributed by atoms with Crippen molar-refractivity contribution >= 4 is 0 Å². The predicted octanol–water partition coefficient (Wildman–Crippen LogP) is 1.55. The summed E-state index contributed by atoms with van der Waals surface area (Å²) in [5, 5.41) is 10.1. The van der Waals surface area contributed by atoms with Gasteiger partial charge in [0.1, 0.15) is 0 Å². The van der Waals surface area contributed by atoms with Crippen LogP contribution in [0.25, 0.3) is 0 Å². The molecule has 3 aliphatic rings. The molecule has 0 amide bonds. The monoisotopic (exact) mass is 530 g/mol. The Balaban J connectivity index is 0.00000231.